The summed E-state index contributed by atoms with van der Waals surface area (Å²) in [6.45, 7) is 8.47. The summed E-state index contributed by atoms with van der Waals surface area (Å²) in [5.41, 5.74) is 0. The van der Waals surface area contributed by atoms with Crippen LogP contribution in [0.25, 0.3) is 0 Å². The Labute approximate surface area is 89.1 Å². The van der Waals surface area contributed by atoms with Gasteiger partial charge in [-0.15, -0.1) is 0 Å². The predicted molar refractivity (Wildman–Crippen MR) is 62.6 cm³/mol. The van der Waals surface area contributed by atoms with Gasteiger partial charge >= 0.3 is 0 Å². The second-order valence-corrected chi connectivity index (χ2v) is 4.51. The Kier molecular flexibility index (Phi) is 5.49. The zero-order chi connectivity index (χ0) is 10.4. The molecule has 1 N–H and O–H groups in total. The number of nitrogens with one attached hydrogen (secondary N) is 1. The maximum Gasteiger partial charge on any atom is 0.00900 e. The molecule has 1 aliphatic rings. The Hall–Kier alpha value is -0.0800. The normalized spacial score (nSPS) is 20.6. The van der Waals surface area contributed by atoms with E-state index in [9.17, 15) is 0 Å². The third-order valence-corrected chi connectivity index (χ3v) is 3.60. The molecule has 1 heterocycles. The van der Waals surface area contributed by atoms with Crippen LogP contribution >= 0.6 is 0 Å². The molecule has 0 aliphatic carbocycles. The highest BCUT2D eigenvalue weighted by Crippen LogP contribution is 2.20. The van der Waals surface area contributed by atoms with Gasteiger partial charge < -0.3 is 10.2 Å². The highest BCUT2D eigenvalue weighted by atomic mass is 15.2. The van der Waals surface area contributed by atoms with Gasteiger partial charge in [0.1, 0.15) is 0 Å². The number of piperidine rings is 1. The van der Waals surface area contributed by atoms with Crippen LogP contribution in [0.5, 0.6) is 0 Å². The molecule has 0 radical (unpaired) electrons. The quantitative estimate of drug-likeness (QED) is 0.728. The van der Waals surface area contributed by atoms with Crippen LogP contribution in [0.3, 0.4) is 0 Å². The van der Waals surface area contributed by atoms with Crippen LogP contribution < -0.4 is 5.32 Å². The number of nitrogens with zero attached hydrogens (tertiary/aromatic N) is 1. The summed E-state index contributed by atoms with van der Waals surface area (Å²) in [7, 11) is 2.06. The van der Waals surface area contributed by atoms with Crippen LogP contribution in [0, 0.1) is 5.92 Å². The molecule has 1 aliphatic heterocycles. The summed E-state index contributed by atoms with van der Waals surface area (Å²) in [6, 6.07) is 0.838. The number of hydrogen-bond acceptors (Lipinski definition) is 2. The van der Waals surface area contributed by atoms with E-state index < -0.39 is 0 Å². The van der Waals surface area contributed by atoms with Crippen molar-refractivity contribution in [2.24, 2.45) is 5.92 Å². The van der Waals surface area contributed by atoms with E-state index in [1.807, 2.05) is 0 Å². The predicted octanol–water partition coefficient (Wildman–Crippen LogP) is 2.11. The third-order valence-electron chi connectivity index (χ3n) is 3.60. The van der Waals surface area contributed by atoms with Crippen LogP contribution in [-0.4, -0.2) is 37.6 Å². The molecule has 0 amide bonds. The van der Waals surface area contributed by atoms with Crippen molar-refractivity contribution >= 4 is 0 Å². The fourth-order valence-electron chi connectivity index (χ4n) is 2.62. The molecule has 0 aromatic rings. The summed E-state index contributed by atoms with van der Waals surface area (Å²) in [5, 5.41) is 3.29. The molecule has 84 valence electrons. The van der Waals surface area contributed by atoms with Gasteiger partial charge in [-0.3, -0.25) is 0 Å². The zero-order valence-electron chi connectivity index (χ0n) is 10.1. The Morgan fingerprint density at radius 3 is 2.21 bits per heavy atom. The standard InChI is InChI=1S/C12H26N2/c1-4-12(5-2)14-8-6-11(7-9-14)10-13-3/h11-13H,4-10H2,1-3H3. The first-order valence-corrected chi connectivity index (χ1v) is 6.20. The molecular formula is C12H26N2. The van der Waals surface area contributed by atoms with E-state index >= 15 is 0 Å². The van der Waals surface area contributed by atoms with Crippen LogP contribution in [0.1, 0.15) is 39.5 Å². The van der Waals surface area contributed by atoms with Gasteiger partial charge in [-0.25, -0.2) is 0 Å². The minimum Gasteiger partial charge on any atom is -0.319 e. The zero-order valence-corrected chi connectivity index (χ0v) is 10.1. The molecule has 1 saturated heterocycles. The SMILES string of the molecule is CCC(CC)N1CCC(CNC)CC1. The van der Waals surface area contributed by atoms with Crippen molar-refractivity contribution in [3.63, 3.8) is 0 Å². The molecule has 1 rings (SSSR count). The second-order valence-electron chi connectivity index (χ2n) is 4.51. The lowest BCUT2D eigenvalue weighted by atomic mass is 9.95. The lowest BCUT2D eigenvalue weighted by Gasteiger charge is -2.36. The first-order valence-electron chi connectivity index (χ1n) is 6.20. The monoisotopic (exact) mass is 198 g/mol. The Morgan fingerprint density at radius 1 is 1.21 bits per heavy atom. The van der Waals surface area contributed by atoms with Crippen molar-refractivity contribution in [2.45, 2.75) is 45.6 Å². The lowest BCUT2D eigenvalue weighted by molar-refractivity contribution is 0.126. The topological polar surface area (TPSA) is 15.3 Å². The summed E-state index contributed by atoms with van der Waals surface area (Å²) in [6.07, 6.45) is 5.40. The van der Waals surface area contributed by atoms with Gasteiger partial charge in [0.15, 0.2) is 0 Å². The largest absolute Gasteiger partial charge is 0.319 e. The van der Waals surface area contributed by atoms with Crippen LogP contribution in [-0.2, 0) is 0 Å². The molecule has 0 saturated carbocycles. The lowest BCUT2D eigenvalue weighted by Crippen LogP contribution is -2.42. The summed E-state index contributed by atoms with van der Waals surface area (Å²) < 4.78 is 0. The molecule has 14 heavy (non-hydrogen) atoms. The van der Waals surface area contributed by atoms with Crippen molar-refractivity contribution in [3.05, 3.63) is 0 Å². The smallest absolute Gasteiger partial charge is 0.00900 e. The molecule has 1 fully saturated rings. The average molecular weight is 198 g/mol. The van der Waals surface area contributed by atoms with Crippen molar-refractivity contribution in [1.29, 1.82) is 0 Å². The Bertz CT molecular complexity index is 135. The van der Waals surface area contributed by atoms with E-state index in [0.29, 0.717) is 0 Å². The molecule has 0 spiro atoms. The van der Waals surface area contributed by atoms with Gasteiger partial charge in [0, 0.05) is 6.04 Å². The third kappa shape index (κ3) is 3.25. The van der Waals surface area contributed by atoms with Gasteiger partial charge in [0.25, 0.3) is 0 Å². The summed E-state index contributed by atoms with van der Waals surface area (Å²) in [5.74, 6) is 0.922. The molecule has 0 bridgehead atoms. The highest BCUT2D eigenvalue weighted by molar-refractivity contribution is 4.77. The second kappa shape index (κ2) is 6.41. The van der Waals surface area contributed by atoms with Gasteiger partial charge in [0.2, 0.25) is 0 Å². The molecule has 0 aromatic carbocycles. The van der Waals surface area contributed by atoms with Crippen LogP contribution in [0.15, 0.2) is 0 Å². The summed E-state index contributed by atoms with van der Waals surface area (Å²) >= 11 is 0. The fraction of sp³-hybridized carbons (Fsp3) is 1.00. The van der Waals surface area contributed by atoms with E-state index in [1.54, 1.807) is 0 Å². The van der Waals surface area contributed by atoms with Crippen LogP contribution in [0.4, 0.5) is 0 Å². The van der Waals surface area contributed by atoms with Crippen molar-refractivity contribution in [1.82, 2.24) is 10.2 Å². The number of hydrogen-bond donors (Lipinski definition) is 1. The van der Waals surface area contributed by atoms with Gasteiger partial charge in [-0.1, -0.05) is 13.8 Å². The Balaban J connectivity index is 2.27. The van der Waals surface area contributed by atoms with Crippen molar-refractivity contribution in [2.75, 3.05) is 26.7 Å². The van der Waals surface area contributed by atoms with Gasteiger partial charge in [0.05, 0.1) is 0 Å². The minimum atomic E-state index is 0.838. The molecular weight excluding hydrogens is 172 g/mol. The van der Waals surface area contributed by atoms with E-state index in [-0.39, 0.29) is 0 Å². The van der Waals surface area contributed by atoms with E-state index in [2.05, 4.69) is 31.1 Å². The van der Waals surface area contributed by atoms with Crippen LogP contribution in [0.2, 0.25) is 0 Å². The highest BCUT2D eigenvalue weighted by Gasteiger charge is 2.22. The molecule has 2 nitrogen and oxygen atoms in total. The average Bonchev–Trinajstić information content (AvgIpc) is 2.23. The van der Waals surface area contributed by atoms with E-state index in [1.165, 1.54) is 45.3 Å². The van der Waals surface area contributed by atoms with Crippen molar-refractivity contribution in [3.8, 4) is 0 Å². The van der Waals surface area contributed by atoms with E-state index in [4.69, 9.17) is 0 Å². The maximum absolute atomic E-state index is 3.29. The van der Waals surface area contributed by atoms with E-state index in [0.717, 1.165) is 12.0 Å². The maximum atomic E-state index is 3.29. The molecule has 0 atom stereocenters. The number of rotatable bonds is 5. The molecule has 2 heteroatoms. The van der Waals surface area contributed by atoms with Gasteiger partial charge in [-0.05, 0) is 58.3 Å². The number of likely N-dealkylation sites (tertiary alicyclic amines) is 1. The minimum absolute atomic E-state index is 0.838. The first kappa shape index (κ1) is 12.0. The summed E-state index contributed by atoms with van der Waals surface area (Å²) in [4.78, 5) is 2.69. The van der Waals surface area contributed by atoms with Crippen molar-refractivity contribution < 1.29 is 0 Å². The Morgan fingerprint density at radius 2 is 1.79 bits per heavy atom. The molecule has 0 unspecified atom stereocenters. The molecule has 0 aromatic heterocycles. The first-order chi connectivity index (χ1) is 6.81. The fourth-order valence-corrected chi connectivity index (χ4v) is 2.62. The van der Waals surface area contributed by atoms with Gasteiger partial charge in [-0.2, -0.15) is 0 Å².